The Bertz CT molecular complexity index is 1050. The number of hydrogen-bond acceptors (Lipinski definition) is 9. The first-order valence-electron chi connectivity index (χ1n) is 10.3. The van der Waals surface area contributed by atoms with Crippen molar-refractivity contribution in [2.75, 3.05) is 18.5 Å². The minimum Gasteiger partial charge on any atom is -0.490 e. The molecule has 0 bridgehead atoms. The Hall–Kier alpha value is -3.89. The smallest absolute Gasteiger partial charge is 0.296 e. The number of benzene rings is 1. The molecule has 0 fully saturated rings. The predicted octanol–water partition coefficient (Wildman–Crippen LogP) is 4.39. The number of hydrogen-bond donors (Lipinski definition) is 1. The Kier molecular flexibility index (Phi) is 7.79. The van der Waals surface area contributed by atoms with Gasteiger partial charge in [-0.1, -0.05) is 19.0 Å². The van der Waals surface area contributed by atoms with Gasteiger partial charge < -0.3 is 23.7 Å². The molecule has 0 saturated carbocycles. The van der Waals surface area contributed by atoms with E-state index in [1.807, 2.05) is 13.8 Å². The number of rotatable bonds is 12. The number of amides is 1. The molecule has 0 aliphatic carbocycles. The van der Waals surface area contributed by atoms with Gasteiger partial charge in [-0.3, -0.25) is 14.9 Å². The molecule has 32 heavy (non-hydrogen) atoms. The lowest BCUT2D eigenvalue weighted by Gasteiger charge is -2.14. The van der Waals surface area contributed by atoms with E-state index in [9.17, 15) is 14.9 Å². The first-order valence-corrected chi connectivity index (χ1v) is 10.3. The van der Waals surface area contributed by atoms with Crippen LogP contribution in [0.4, 0.5) is 11.4 Å². The van der Waals surface area contributed by atoms with Gasteiger partial charge in [0.15, 0.2) is 17.3 Å². The standard InChI is InChI=1S/C21H24N4O7/c1-3-9-29-17-12-14(15(25(27)28)13-18(17)30-10-4-2)22-19(26)7-8-20-23-21(24-32-20)16-6-5-11-31-16/h5-6,11-13H,3-4,7-10H2,1-2H3,(H,22,26). The van der Waals surface area contributed by atoms with Crippen LogP contribution in [0, 0.1) is 10.1 Å². The second kappa shape index (κ2) is 10.9. The topological polar surface area (TPSA) is 143 Å². The van der Waals surface area contributed by atoms with Gasteiger partial charge in [-0.2, -0.15) is 4.98 Å². The first kappa shape index (κ1) is 22.8. The maximum absolute atomic E-state index is 12.5. The fraction of sp³-hybridized carbons (Fsp3) is 0.381. The van der Waals surface area contributed by atoms with Gasteiger partial charge in [-0.15, -0.1) is 0 Å². The second-order valence-corrected chi connectivity index (χ2v) is 6.81. The fourth-order valence-electron chi connectivity index (χ4n) is 2.75. The monoisotopic (exact) mass is 444 g/mol. The summed E-state index contributed by atoms with van der Waals surface area (Å²) in [5.41, 5.74) is -0.261. The summed E-state index contributed by atoms with van der Waals surface area (Å²) in [6, 6.07) is 6.07. The zero-order chi connectivity index (χ0) is 22.9. The van der Waals surface area contributed by atoms with E-state index in [4.69, 9.17) is 18.4 Å². The average Bonchev–Trinajstić information content (AvgIpc) is 3.47. The average molecular weight is 444 g/mol. The number of nitro benzene ring substituents is 1. The van der Waals surface area contributed by atoms with E-state index in [1.165, 1.54) is 18.4 Å². The van der Waals surface area contributed by atoms with E-state index in [-0.39, 0.29) is 41.7 Å². The van der Waals surface area contributed by atoms with E-state index < -0.39 is 10.8 Å². The highest BCUT2D eigenvalue weighted by molar-refractivity contribution is 5.93. The highest BCUT2D eigenvalue weighted by Gasteiger charge is 2.22. The van der Waals surface area contributed by atoms with E-state index in [1.54, 1.807) is 12.1 Å². The van der Waals surface area contributed by atoms with Crippen LogP contribution in [-0.2, 0) is 11.2 Å². The summed E-state index contributed by atoms with van der Waals surface area (Å²) in [7, 11) is 0. The number of carbonyl (C=O) groups excluding carboxylic acids is 1. The van der Waals surface area contributed by atoms with E-state index >= 15 is 0 Å². The van der Waals surface area contributed by atoms with Crippen LogP contribution in [-0.4, -0.2) is 34.2 Å². The largest absolute Gasteiger partial charge is 0.490 e. The lowest BCUT2D eigenvalue weighted by molar-refractivity contribution is -0.384. The van der Waals surface area contributed by atoms with E-state index in [2.05, 4.69) is 15.5 Å². The van der Waals surface area contributed by atoms with Gasteiger partial charge in [0.1, 0.15) is 5.69 Å². The number of nitrogens with one attached hydrogen (secondary N) is 1. The Balaban J connectivity index is 1.71. The Morgan fingerprint density at radius 1 is 1.19 bits per heavy atom. The molecule has 0 aliphatic heterocycles. The van der Waals surface area contributed by atoms with Crippen molar-refractivity contribution in [3.63, 3.8) is 0 Å². The maximum atomic E-state index is 12.5. The third-order valence-electron chi connectivity index (χ3n) is 4.23. The molecule has 3 rings (SSSR count). The van der Waals surface area contributed by atoms with Crippen LogP contribution < -0.4 is 14.8 Å². The highest BCUT2D eigenvalue weighted by atomic mass is 16.6. The lowest BCUT2D eigenvalue weighted by atomic mass is 10.2. The number of anilines is 1. The van der Waals surface area contributed by atoms with Crippen LogP contribution in [0.25, 0.3) is 11.6 Å². The van der Waals surface area contributed by atoms with Crippen LogP contribution in [0.15, 0.2) is 39.5 Å². The maximum Gasteiger partial charge on any atom is 0.296 e. The SMILES string of the molecule is CCCOc1cc(NC(=O)CCc2nc(-c3ccco3)no2)c([N+](=O)[O-])cc1OCCC. The molecule has 2 aromatic heterocycles. The van der Waals surface area contributed by atoms with Crippen molar-refractivity contribution in [3.8, 4) is 23.1 Å². The number of aryl methyl sites for hydroxylation is 1. The van der Waals surface area contributed by atoms with Gasteiger partial charge in [0.25, 0.3) is 5.69 Å². The molecule has 1 aromatic carbocycles. The molecule has 0 spiro atoms. The summed E-state index contributed by atoms with van der Waals surface area (Å²) in [4.78, 5) is 27.6. The van der Waals surface area contributed by atoms with Crippen LogP contribution >= 0.6 is 0 Å². The van der Waals surface area contributed by atoms with Gasteiger partial charge in [0, 0.05) is 18.9 Å². The Labute approximate surface area is 183 Å². The van der Waals surface area contributed by atoms with Crippen LogP contribution in [0.1, 0.15) is 39.0 Å². The molecule has 170 valence electrons. The number of nitro groups is 1. The molecule has 3 aromatic rings. The van der Waals surface area contributed by atoms with Crippen molar-refractivity contribution in [2.45, 2.75) is 39.5 Å². The number of aromatic nitrogens is 2. The summed E-state index contributed by atoms with van der Waals surface area (Å²) in [6.07, 6.45) is 3.11. The first-order chi connectivity index (χ1) is 15.5. The highest BCUT2D eigenvalue weighted by Crippen LogP contribution is 2.38. The second-order valence-electron chi connectivity index (χ2n) is 6.81. The molecule has 11 heteroatoms. The van der Waals surface area contributed by atoms with E-state index in [0.717, 1.165) is 12.8 Å². The summed E-state index contributed by atoms with van der Waals surface area (Å²) >= 11 is 0. The Morgan fingerprint density at radius 3 is 2.53 bits per heavy atom. The zero-order valence-electron chi connectivity index (χ0n) is 17.8. The zero-order valence-corrected chi connectivity index (χ0v) is 17.8. The van der Waals surface area contributed by atoms with Gasteiger partial charge in [0.2, 0.25) is 17.6 Å². The van der Waals surface area contributed by atoms with Crippen molar-refractivity contribution in [1.82, 2.24) is 10.1 Å². The Morgan fingerprint density at radius 2 is 1.91 bits per heavy atom. The summed E-state index contributed by atoms with van der Waals surface area (Å²) < 4.78 is 21.6. The van der Waals surface area contributed by atoms with Crippen molar-refractivity contribution in [2.24, 2.45) is 0 Å². The van der Waals surface area contributed by atoms with Gasteiger partial charge in [-0.25, -0.2) is 0 Å². The molecule has 11 nitrogen and oxygen atoms in total. The fourth-order valence-corrected chi connectivity index (χ4v) is 2.75. The van der Waals surface area contributed by atoms with Crippen LogP contribution in [0.5, 0.6) is 11.5 Å². The molecule has 1 amide bonds. The number of ether oxygens (including phenoxy) is 2. The van der Waals surface area contributed by atoms with Crippen molar-refractivity contribution in [1.29, 1.82) is 0 Å². The molecule has 0 aliphatic rings. The minimum atomic E-state index is -0.578. The molecule has 0 unspecified atom stereocenters. The van der Waals surface area contributed by atoms with Crippen molar-refractivity contribution < 1.29 is 28.1 Å². The van der Waals surface area contributed by atoms with Crippen LogP contribution in [0.2, 0.25) is 0 Å². The molecular formula is C21H24N4O7. The minimum absolute atomic E-state index is 0.0177. The van der Waals surface area contributed by atoms with Gasteiger partial charge >= 0.3 is 0 Å². The normalized spacial score (nSPS) is 10.7. The number of nitrogens with zero attached hydrogens (tertiary/aromatic N) is 3. The number of furan rings is 1. The molecule has 0 radical (unpaired) electrons. The van der Waals surface area contributed by atoms with Crippen LogP contribution in [0.3, 0.4) is 0 Å². The number of carbonyl (C=O) groups is 1. The summed E-state index contributed by atoms with van der Waals surface area (Å²) in [5.74, 6) is 1.12. The van der Waals surface area contributed by atoms with Crippen molar-refractivity contribution >= 4 is 17.3 Å². The molecule has 0 atom stereocenters. The molecule has 1 N–H and O–H groups in total. The van der Waals surface area contributed by atoms with E-state index in [0.29, 0.717) is 24.7 Å². The lowest BCUT2D eigenvalue weighted by Crippen LogP contribution is -2.14. The quantitative estimate of drug-likeness (QED) is 0.318. The van der Waals surface area contributed by atoms with Crippen molar-refractivity contribution in [3.05, 3.63) is 46.5 Å². The summed E-state index contributed by atoms with van der Waals surface area (Å²) in [5, 5.41) is 17.9. The third-order valence-corrected chi connectivity index (χ3v) is 4.23. The predicted molar refractivity (Wildman–Crippen MR) is 114 cm³/mol. The van der Waals surface area contributed by atoms with Gasteiger partial charge in [0.05, 0.1) is 30.5 Å². The third kappa shape index (κ3) is 5.84. The molecule has 2 heterocycles. The van der Waals surface area contributed by atoms with Gasteiger partial charge in [-0.05, 0) is 25.0 Å². The summed E-state index contributed by atoms with van der Waals surface area (Å²) in [6.45, 7) is 4.66. The molecular weight excluding hydrogens is 420 g/mol. The molecule has 0 saturated heterocycles.